The van der Waals surface area contributed by atoms with Crippen LogP contribution in [0.3, 0.4) is 0 Å². The molecule has 0 saturated carbocycles. The van der Waals surface area contributed by atoms with Crippen LogP contribution in [0.15, 0.2) is 47.8 Å². The molecule has 3 aromatic rings. The maximum absolute atomic E-state index is 12.8. The summed E-state index contributed by atoms with van der Waals surface area (Å²) in [6.07, 6.45) is -2.77. The predicted molar refractivity (Wildman–Crippen MR) is 124 cm³/mol. The molecule has 0 unspecified atom stereocenters. The predicted octanol–water partition coefficient (Wildman–Crippen LogP) is 4.64. The lowest BCUT2D eigenvalue weighted by Crippen LogP contribution is -2.30. The van der Waals surface area contributed by atoms with Crippen LogP contribution in [0, 0.1) is 0 Å². The highest BCUT2D eigenvalue weighted by Crippen LogP contribution is 2.34. The Bertz CT molecular complexity index is 1270. The maximum atomic E-state index is 12.8. The summed E-state index contributed by atoms with van der Waals surface area (Å²) in [5.41, 5.74) is 5.65. The Kier molecular flexibility index (Phi) is 7.48. The van der Waals surface area contributed by atoms with E-state index in [4.69, 9.17) is 17.3 Å². The molecule has 2 aromatic heterocycles. The first-order chi connectivity index (χ1) is 16.0. The van der Waals surface area contributed by atoms with Gasteiger partial charge in [-0.05, 0) is 30.3 Å². The van der Waals surface area contributed by atoms with Crippen LogP contribution >= 0.6 is 11.6 Å². The third kappa shape index (κ3) is 5.48. The van der Waals surface area contributed by atoms with Gasteiger partial charge in [0.25, 0.3) is 0 Å². The van der Waals surface area contributed by atoms with E-state index >= 15 is 0 Å². The van der Waals surface area contributed by atoms with Gasteiger partial charge in [-0.2, -0.15) is 17.5 Å². The van der Waals surface area contributed by atoms with Gasteiger partial charge in [0.05, 0.1) is 15.5 Å². The van der Waals surface area contributed by atoms with Crippen LogP contribution in [-0.4, -0.2) is 40.8 Å². The van der Waals surface area contributed by atoms with E-state index in [1.807, 2.05) is 0 Å². The number of hydrogen-bond acceptors (Lipinski definition) is 8. The number of sulfonamides is 1. The zero-order chi connectivity index (χ0) is 25.1. The number of benzene rings is 1. The molecule has 0 radical (unpaired) electrons. The van der Waals surface area contributed by atoms with E-state index in [9.17, 15) is 21.6 Å². The van der Waals surface area contributed by atoms with Gasteiger partial charge < -0.3 is 16.4 Å². The largest absolute Gasteiger partial charge is 0.417 e. The average molecular weight is 516 g/mol. The first kappa shape index (κ1) is 25.5. The normalized spacial score (nSPS) is 12.1. The molecule has 0 aliphatic heterocycles. The quantitative estimate of drug-likeness (QED) is 0.396. The van der Waals surface area contributed by atoms with E-state index < -0.39 is 21.8 Å². The van der Waals surface area contributed by atoms with E-state index in [1.165, 1.54) is 22.8 Å². The van der Waals surface area contributed by atoms with Crippen LogP contribution < -0.4 is 16.4 Å². The van der Waals surface area contributed by atoms with Crippen LogP contribution in [0.2, 0.25) is 5.02 Å². The van der Waals surface area contributed by atoms with Crippen LogP contribution in [0.4, 0.5) is 42.0 Å². The Hall–Kier alpha value is -3.16. The van der Waals surface area contributed by atoms with Crippen molar-refractivity contribution in [1.82, 2.24) is 19.3 Å². The van der Waals surface area contributed by atoms with Crippen molar-refractivity contribution in [3.8, 4) is 0 Å². The summed E-state index contributed by atoms with van der Waals surface area (Å²) < 4.78 is 65.0. The molecular weight excluding hydrogens is 495 g/mol. The molecule has 0 atom stereocenters. The van der Waals surface area contributed by atoms with Crippen LogP contribution in [0.25, 0.3) is 0 Å². The fourth-order valence-corrected chi connectivity index (χ4v) is 4.62. The van der Waals surface area contributed by atoms with Crippen molar-refractivity contribution in [2.45, 2.75) is 24.9 Å². The summed E-state index contributed by atoms with van der Waals surface area (Å²) in [7, 11) is -3.60. The molecule has 14 heteroatoms. The zero-order valence-corrected chi connectivity index (χ0v) is 19.6. The highest BCUT2D eigenvalue weighted by molar-refractivity contribution is 7.89. The Morgan fingerprint density at radius 3 is 2.12 bits per heavy atom. The summed E-state index contributed by atoms with van der Waals surface area (Å²) in [4.78, 5) is 11.9. The SMILES string of the molecule is CCN(CC)S(=O)(=O)c1ccc(Nc2ncnc(Nc3ncc(C(F)(F)F)cc3Cl)c2N)cc1. The minimum atomic E-state index is -4.58. The van der Waals surface area contributed by atoms with Crippen molar-refractivity contribution < 1.29 is 21.6 Å². The Morgan fingerprint density at radius 2 is 1.59 bits per heavy atom. The van der Waals surface area contributed by atoms with Gasteiger partial charge in [0.2, 0.25) is 10.0 Å². The minimum Gasteiger partial charge on any atom is -0.393 e. The summed E-state index contributed by atoms with van der Waals surface area (Å²) in [6, 6.07) is 6.76. The molecule has 0 saturated heterocycles. The van der Waals surface area contributed by atoms with E-state index in [2.05, 4.69) is 25.6 Å². The monoisotopic (exact) mass is 515 g/mol. The fourth-order valence-electron chi connectivity index (χ4n) is 2.95. The summed E-state index contributed by atoms with van der Waals surface area (Å²) in [6.45, 7) is 4.22. The smallest absolute Gasteiger partial charge is 0.393 e. The number of aromatic nitrogens is 3. The molecule has 1 aromatic carbocycles. The van der Waals surface area contributed by atoms with Crippen LogP contribution in [-0.2, 0) is 16.2 Å². The van der Waals surface area contributed by atoms with Crippen molar-refractivity contribution in [1.29, 1.82) is 0 Å². The lowest BCUT2D eigenvalue weighted by Gasteiger charge is -2.18. The molecule has 0 amide bonds. The van der Waals surface area contributed by atoms with E-state index in [-0.39, 0.29) is 33.1 Å². The molecule has 0 aliphatic rings. The lowest BCUT2D eigenvalue weighted by atomic mass is 10.2. The molecule has 0 bridgehead atoms. The second-order valence-corrected chi connectivity index (χ2v) is 9.25. The number of nitrogen functional groups attached to an aromatic ring is 1. The van der Waals surface area contributed by atoms with Crippen molar-refractivity contribution in [2.24, 2.45) is 0 Å². The first-order valence-electron chi connectivity index (χ1n) is 9.94. The minimum absolute atomic E-state index is 0.0418. The number of nitrogens with one attached hydrogen (secondary N) is 2. The van der Waals surface area contributed by atoms with Crippen LogP contribution in [0.5, 0.6) is 0 Å². The Morgan fingerprint density at radius 1 is 1.00 bits per heavy atom. The number of pyridine rings is 1. The highest BCUT2D eigenvalue weighted by atomic mass is 35.5. The van der Waals surface area contributed by atoms with Crippen molar-refractivity contribution in [3.63, 3.8) is 0 Å². The zero-order valence-electron chi connectivity index (χ0n) is 18.1. The molecule has 0 aliphatic carbocycles. The molecule has 34 heavy (non-hydrogen) atoms. The van der Waals surface area contributed by atoms with Gasteiger partial charge in [0.15, 0.2) is 11.6 Å². The fraction of sp³-hybridized carbons (Fsp3) is 0.250. The lowest BCUT2D eigenvalue weighted by molar-refractivity contribution is -0.137. The third-order valence-electron chi connectivity index (χ3n) is 4.75. The second-order valence-electron chi connectivity index (χ2n) is 6.90. The van der Waals surface area contributed by atoms with Crippen molar-refractivity contribution in [3.05, 3.63) is 53.4 Å². The standard InChI is InChI=1S/C20H21ClF3N7O2S/c1-3-31(4-2)34(32,33)14-7-5-13(6-8-14)29-18-16(25)19(28-11-27-18)30-17-15(21)9-12(10-26-17)20(22,23)24/h5-11H,3-4,25H2,1-2H3,(H2,26,27,28,29,30). The Balaban J connectivity index is 1.81. The van der Waals surface area contributed by atoms with E-state index in [0.717, 1.165) is 6.07 Å². The summed E-state index contributed by atoms with van der Waals surface area (Å²) >= 11 is 5.92. The second kappa shape index (κ2) is 9.99. The molecule has 182 valence electrons. The average Bonchev–Trinajstić information content (AvgIpc) is 2.78. The van der Waals surface area contributed by atoms with Crippen LogP contribution in [0.1, 0.15) is 19.4 Å². The number of halogens is 4. The molecule has 4 N–H and O–H groups in total. The molecule has 2 heterocycles. The molecule has 0 spiro atoms. The van der Waals surface area contributed by atoms with Gasteiger partial charge in [0, 0.05) is 25.0 Å². The number of alkyl halides is 3. The van der Waals surface area contributed by atoms with Gasteiger partial charge in [-0.25, -0.2) is 23.4 Å². The third-order valence-corrected chi connectivity index (χ3v) is 7.10. The van der Waals surface area contributed by atoms with Gasteiger partial charge in [-0.15, -0.1) is 0 Å². The van der Waals surface area contributed by atoms with Gasteiger partial charge in [0.1, 0.15) is 17.8 Å². The number of anilines is 5. The van der Waals surface area contributed by atoms with Gasteiger partial charge >= 0.3 is 6.18 Å². The van der Waals surface area contributed by atoms with E-state index in [1.54, 1.807) is 26.0 Å². The number of hydrogen-bond donors (Lipinski definition) is 3. The molecule has 0 fully saturated rings. The Labute approximate surface area is 199 Å². The molecule has 9 nitrogen and oxygen atoms in total. The van der Waals surface area contributed by atoms with Gasteiger partial charge in [-0.1, -0.05) is 25.4 Å². The number of nitrogens with two attached hydrogens (primary N) is 1. The maximum Gasteiger partial charge on any atom is 0.417 e. The molecular formula is C20H21ClF3N7O2S. The summed E-state index contributed by atoms with van der Waals surface area (Å²) in [5, 5.41) is 5.37. The first-order valence-corrected chi connectivity index (χ1v) is 11.8. The highest BCUT2D eigenvalue weighted by Gasteiger charge is 2.31. The summed E-state index contributed by atoms with van der Waals surface area (Å²) in [5.74, 6) is 0.171. The van der Waals surface area contributed by atoms with Crippen molar-refractivity contribution in [2.75, 3.05) is 29.5 Å². The number of rotatable bonds is 8. The van der Waals surface area contributed by atoms with Crippen molar-refractivity contribution >= 4 is 50.5 Å². The number of nitrogens with zero attached hydrogens (tertiary/aromatic N) is 4. The van der Waals surface area contributed by atoms with E-state index in [0.29, 0.717) is 25.0 Å². The molecule has 3 rings (SSSR count). The topological polar surface area (TPSA) is 126 Å². The van der Waals surface area contributed by atoms with Gasteiger partial charge in [-0.3, -0.25) is 0 Å².